The normalized spacial score (nSPS) is 21.3. The fourth-order valence-corrected chi connectivity index (χ4v) is 4.18. The van der Waals surface area contributed by atoms with Crippen molar-refractivity contribution in [3.05, 3.63) is 30.2 Å². The van der Waals surface area contributed by atoms with Gasteiger partial charge in [0.15, 0.2) is 0 Å². The van der Waals surface area contributed by atoms with Gasteiger partial charge >= 0.3 is 0 Å². The third-order valence-corrected chi connectivity index (χ3v) is 5.59. The molecule has 2 saturated heterocycles. The van der Waals surface area contributed by atoms with Crippen LogP contribution in [0.3, 0.4) is 0 Å². The summed E-state index contributed by atoms with van der Waals surface area (Å²) in [6.45, 7) is 5.11. The summed E-state index contributed by atoms with van der Waals surface area (Å²) in [5.41, 5.74) is 2.09. The Labute approximate surface area is 154 Å². The van der Waals surface area contributed by atoms with Crippen LogP contribution >= 0.6 is 0 Å². The van der Waals surface area contributed by atoms with E-state index in [4.69, 9.17) is 4.74 Å². The summed E-state index contributed by atoms with van der Waals surface area (Å²) in [5.74, 6) is 1.44. The molecule has 0 spiro atoms. The zero-order chi connectivity index (χ0) is 17.9. The van der Waals surface area contributed by atoms with Gasteiger partial charge in [0, 0.05) is 30.8 Å². The zero-order valence-electron chi connectivity index (χ0n) is 15.3. The second-order valence-electron chi connectivity index (χ2n) is 7.28. The number of amides is 1. The van der Waals surface area contributed by atoms with Crippen molar-refractivity contribution in [2.75, 3.05) is 26.2 Å². The molecule has 1 amide bonds. The van der Waals surface area contributed by atoms with Gasteiger partial charge in [0.1, 0.15) is 18.7 Å². The van der Waals surface area contributed by atoms with E-state index >= 15 is 0 Å². The number of benzene rings is 1. The van der Waals surface area contributed by atoms with E-state index in [2.05, 4.69) is 21.4 Å². The molecule has 4 rings (SSSR count). The molecule has 1 unspecified atom stereocenters. The summed E-state index contributed by atoms with van der Waals surface area (Å²) in [6, 6.07) is 6.26. The molecule has 0 saturated carbocycles. The van der Waals surface area contributed by atoms with E-state index in [1.165, 1.54) is 0 Å². The number of piperidine rings is 1. The van der Waals surface area contributed by atoms with Crippen LogP contribution < -0.4 is 10.1 Å². The van der Waals surface area contributed by atoms with E-state index in [0.29, 0.717) is 12.5 Å². The van der Waals surface area contributed by atoms with Gasteiger partial charge in [-0.2, -0.15) is 0 Å². The second kappa shape index (κ2) is 7.58. The molecule has 138 valence electrons. The minimum atomic E-state index is 0.133. The van der Waals surface area contributed by atoms with Crippen LogP contribution in [0, 0.1) is 0 Å². The van der Waals surface area contributed by atoms with Crippen molar-refractivity contribution in [3.8, 4) is 5.75 Å². The van der Waals surface area contributed by atoms with Gasteiger partial charge in [0.05, 0.1) is 17.3 Å². The number of carbonyl (C=O) groups excluding carboxylic acids is 1. The lowest BCUT2D eigenvalue weighted by atomic mass is 9.92. The summed E-state index contributed by atoms with van der Waals surface area (Å²) in [6.07, 6.45) is 5.96. The number of nitrogens with zero attached hydrogens (tertiary/aromatic N) is 3. The Morgan fingerprint density at radius 2 is 2.12 bits per heavy atom. The standard InChI is InChI=1S/C20H26N4O2/c1-14(25)24-10-2-3-16(24)12-26-17-4-5-18-19(11-17)22-13-23-20(18)15-6-8-21-9-7-15/h4-5,11,13,15-16,21H,2-3,6-10,12H2,1H3. The lowest BCUT2D eigenvalue weighted by Gasteiger charge is -2.24. The Morgan fingerprint density at radius 3 is 2.92 bits per heavy atom. The first-order valence-electron chi connectivity index (χ1n) is 9.58. The summed E-state index contributed by atoms with van der Waals surface area (Å²) in [7, 11) is 0. The Morgan fingerprint density at radius 1 is 1.27 bits per heavy atom. The van der Waals surface area contributed by atoms with Gasteiger partial charge < -0.3 is 15.0 Å². The number of likely N-dealkylation sites (tertiary alicyclic amines) is 1. The quantitative estimate of drug-likeness (QED) is 0.914. The number of hydrogen-bond acceptors (Lipinski definition) is 5. The van der Waals surface area contributed by atoms with Crippen LogP contribution in [0.15, 0.2) is 24.5 Å². The Hall–Kier alpha value is -2.21. The van der Waals surface area contributed by atoms with Gasteiger partial charge in [-0.05, 0) is 50.9 Å². The Balaban J connectivity index is 1.50. The van der Waals surface area contributed by atoms with Crippen LogP contribution in [-0.2, 0) is 4.79 Å². The van der Waals surface area contributed by atoms with E-state index in [0.717, 1.165) is 67.7 Å². The minimum absolute atomic E-state index is 0.133. The van der Waals surface area contributed by atoms with Gasteiger partial charge in [-0.15, -0.1) is 0 Å². The number of ether oxygens (including phenoxy) is 1. The molecule has 2 aliphatic rings. The molecule has 0 radical (unpaired) electrons. The highest BCUT2D eigenvalue weighted by atomic mass is 16.5. The molecule has 6 heteroatoms. The number of fused-ring (bicyclic) bond motifs is 1. The van der Waals surface area contributed by atoms with E-state index in [1.807, 2.05) is 17.0 Å². The highest BCUT2D eigenvalue weighted by Crippen LogP contribution is 2.30. The van der Waals surface area contributed by atoms with Crippen molar-refractivity contribution in [1.29, 1.82) is 0 Å². The molecule has 1 atom stereocenters. The average molecular weight is 354 g/mol. The SMILES string of the molecule is CC(=O)N1CCCC1COc1ccc2c(C3CCNCC3)ncnc2c1. The molecule has 2 fully saturated rings. The first-order valence-corrected chi connectivity index (χ1v) is 9.58. The topological polar surface area (TPSA) is 67.3 Å². The predicted molar refractivity (Wildman–Crippen MR) is 100 cm³/mol. The lowest BCUT2D eigenvalue weighted by molar-refractivity contribution is -0.130. The van der Waals surface area contributed by atoms with E-state index in [-0.39, 0.29) is 11.9 Å². The third-order valence-electron chi connectivity index (χ3n) is 5.59. The fraction of sp³-hybridized carbons (Fsp3) is 0.550. The van der Waals surface area contributed by atoms with Gasteiger partial charge in [-0.25, -0.2) is 9.97 Å². The van der Waals surface area contributed by atoms with Crippen molar-refractivity contribution < 1.29 is 9.53 Å². The maximum absolute atomic E-state index is 11.7. The molecule has 0 bridgehead atoms. The second-order valence-corrected chi connectivity index (χ2v) is 7.28. The predicted octanol–water partition coefficient (Wildman–Crippen LogP) is 2.49. The van der Waals surface area contributed by atoms with Gasteiger partial charge in [0.2, 0.25) is 5.91 Å². The maximum Gasteiger partial charge on any atom is 0.219 e. The number of nitrogens with one attached hydrogen (secondary N) is 1. The van der Waals surface area contributed by atoms with Crippen LogP contribution in [0.2, 0.25) is 0 Å². The molecule has 2 aromatic rings. The van der Waals surface area contributed by atoms with Crippen LogP contribution in [0.5, 0.6) is 5.75 Å². The van der Waals surface area contributed by atoms with Gasteiger partial charge in [-0.3, -0.25) is 4.79 Å². The highest BCUT2D eigenvalue weighted by molar-refractivity contribution is 5.82. The molecular formula is C20H26N4O2. The first kappa shape index (κ1) is 17.2. The number of hydrogen-bond donors (Lipinski definition) is 1. The molecule has 3 heterocycles. The highest BCUT2D eigenvalue weighted by Gasteiger charge is 2.27. The minimum Gasteiger partial charge on any atom is -0.491 e. The van der Waals surface area contributed by atoms with Crippen molar-refractivity contribution >= 4 is 16.8 Å². The molecule has 2 aliphatic heterocycles. The maximum atomic E-state index is 11.7. The largest absolute Gasteiger partial charge is 0.491 e. The number of aromatic nitrogens is 2. The number of rotatable bonds is 4. The Bertz CT molecular complexity index is 788. The fourth-order valence-electron chi connectivity index (χ4n) is 4.18. The van der Waals surface area contributed by atoms with Crippen molar-refractivity contribution in [2.45, 2.75) is 44.6 Å². The molecular weight excluding hydrogens is 328 g/mol. The Kier molecular flexibility index (Phi) is 5.02. The van der Waals surface area contributed by atoms with E-state index < -0.39 is 0 Å². The van der Waals surface area contributed by atoms with Gasteiger partial charge in [-0.1, -0.05) is 0 Å². The number of carbonyl (C=O) groups is 1. The summed E-state index contributed by atoms with van der Waals surface area (Å²) in [5, 5.41) is 4.53. The summed E-state index contributed by atoms with van der Waals surface area (Å²) >= 11 is 0. The molecule has 1 aromatic heterocycles. The molecule has 26 heavy (non-hydrogen) atoms. The third kappa shape index (κ3) is 3.51. The van der Waals surface area contributed by atoms with E-state index in [9.17, 15) is 4.79 Å². The summed E-state index contributed by atoms with van der Waals surface area (Å²) < 4.78 is 6.00. The van der Waals surface area contributed by atoms with Crippen LogP contribution in [-0.4, -0.2) is 53.1 Å². The molecule has 1 aromatic carbocycles. The van der Waals surface area contributed by atoms with Crippen molar-refractivity contribution in [3.63, 3.8) is 0 Å². The van der Waals surface area contributed by atoms with Crippen LogP contribution in [0.4, 0.5) is 0 Å². The lowest BCUT2D eigenvalue weighted by Crippen LogP contribution is -2.37. The molecule has 1 N–H and O–H groups in total. The van der Waals surface area contributed by atoms with Gasteiger partial charge in [0.25, 0.3) is 0 Å². The van der Waals surface area contributed by atoms with Crippen molar-refractivity contribution in [1.82, 2.24) is 20.2 Å². The summed E-state index contributed by atoms with van der Waals surface area (Å²) in [4.78, 5) is 22.6. The van der Waals surface area contributed by atoms with Crippen LogP contribution in [0.25, 0.3) is 10.9 Å². The smallest absolute Gasteiger partial charge is 0.219 e. The molecule has 6 nitrogen and oxygen atoms in total. The monoisotopic (exact) mass is 354 g/mol. The van der Waals surface area contributed by atoms with Crippen molar-refractivity contribution in [2.24, 2.45) is 0 Å². The average Bonchev–Trinajstić information content (AvgIpc) is 3.15. The first-order chi connectivity index (χ1) is 12.7. The van der Waals surface area contributed by atoms with Crippen LogP contribution in [0.1, 0.15) is 44.2 Å². The van der Waals surface area contributed by atoms with E-state index in [1.54, 1.807) is 13.3 Å². The zero-order valence-corrected chi connectivity index (χ0v) is 15.3. The molecule has 0 aliphatic carbocycles.